The number of aryl methyl sites for hydroxylation is 1. The zero-order chi connectivity index (χ0) is 21.7. The van der Waals surface area contributed by atoms with E-state index in [9.17, 15) is 10.2 Å². The normalized spacial score (nSPS) is 46.6. The summed E-state index contributed by atoms with van der Waals surface area (Å²) in [5.41, 5.74) is 2.61. The Bertz CT molecular complexity index is 875. The Morgan fingerprint density at radius 1 is 0.867 bits per heavy atom. The molecule has 3 saturated carbocycles. The maximum absolute atomic E-state index is 10.8. The summed E-state index contributed by atoms with van der Waals surface area (Å²) in [6.07, 6.45) is 7.63. The highest BCUT2D eigenvalue weighted by Gasteiger charge is 2.66. The van der Waals surface area contributed by atoms with Crippen LogP contribution in [-0.4, -0.2) is 21.9 Å². The standard InChI is InChI=1S/C27H40O3/c1-16-13-18(28)14-17-15-21-26(5)10-7-19-24(2,3)22(29)9-11-25(19,4)20(26)8-12-27(21,6)30-23(16)17/h13-14,19-22,28-29H,7-12,15H2,1-6H3/t19?,20?,21-,22+,25+,26-,27+/m1/s1. The van der Waals surface area contributed by atoms with Crippen molar-refractivity contribution in [3.63, 3.8) is 0 Å². The van der Waals surface area contributed by atoms with Gasteiger partial charge in [0.1, 0.15) is 17.1 Å². The summed E-state index contributed by atoms with van der Waals surface area (Å²) in [5.74, 6) is 3.08. The lowest BCUT2D eigenvalue weighted by atomic mass is 9.37. The van der Waals surface area contributed by atoms with E-state index in [1.807, 2.05) is 12.1 Å². The topological polar surface area (TPSA) is 49.7 Å². The predicted molar refractivity (Wildman–Crippen MR) is 120 cm³/mol. The van der Waals surface area contributed by atoms with Crippen LogP contribution in [0, 0.1) is 40.9 Å². The maximum Gasteiger partial charge on any atom is 0.126 e. The van der Waals surface area contributed by atoms with Gasteiger partial charge in [-0.25, -0.2) is 0 Å². The van der Waals surface area contributed by atoms with Crippen molar-refractivity contribution in [2.24, 2.45) is 34.0 Å². The number of phenols is 1. The van der Waals surface area contributed by atoms with E-state index in [0.29, 0.717) is 23.5 Å². The average Bonchev–Trinajstić information content (AvgIpc) is 2.64. The quantitative estimate of drug-likeness (QED) is 0.547. The fourth-order valence-corrected chi connectivity index (χ4v) is 9.11. The van der Waals surface area contributed by atoms with E-state index in [-0.39, 0.29) is 27.9 Å². The highest BCUT2D eigenvalue weighted by molar-refractivity contribution is 5.48. The van der Waals surface area contributed by atoms with Gasteiger partial charge in [-0.1, -0.05) is 27.7 Å². The SMILES string of the molecule is Cc1cc(O)cc2c1O[C@@]1(C)CCC3[C@@]4(C)CC[C@H](O)C(C)(C)C4CC[C@@]3(C)[C@H]1C2. The molecule has 166 valence electrons. The smallest absolute Gasteiger partial charge is 0.126 e. The van der Waals surface area contributed by atoms with Crippen LogP contribution >= 0.6 is 0 Å². The van der Waals surface area contributed by atoms with E-state index in [1.54, 1.807) is 0 Å². The van der Waals surface area contributed by atoms with Crippen molar-refractivity contribution in [2.45, 2.75) is 98.2 Å². The summed E-state index contributed by atoms with van der Waals surface area (Å²) < 4.78 is 6.80. The van der Waals surface area contributed by atoms with Crippen molar-refractivity contribution in [2.75, 3.05) is 0 Å². The average molecular weight is 413 g/mol. The van der Waals surface area contributed by atoms with Crippen molar-refractivity contribution in [3.05, 3.63) is 23.3 Å². The molecule has 5 rings (SSSR count). The minimum Gasteiger partial charge on any atom is -0.508 e. The molecule has 7 atom stereocenters. The first-order valence-electron chi connectivity index (χ1n) is 12.1. The number of aliphatic hydroxyl groups excluding tert-OH is 1. The fraction of sp³-hybridized carbons (Fsp3) is 0.778. The Kier molecular flexibility index (Phi) is 4.26. The van der Waals surface area contributed by atoms with Crippen LogP contribution in [0.2, 0.25) is 0 Å². The Labute approximate surface area is 182 Å². The van der Waals surface area contributed by atoms with E-state index in [0.717, 1.165) is 37.0 Å². The summed E-state index contributed by atoms with van der Waals surface area (Å²) in [7, 11) is 0. The first-order chi connectivity index (χ1) is 13.9. The van der Waals surface area contributed by atoms with Gasteiger partial charge in [0.25, 0.3) is 0 Å². The molecule has 1 aliphatic heterocycles. The van der Waals surface area contributed by atoms with Crippen molar-refractivity contribution in [1.29, 1.82) is 0 Å². The lowest BCUT2D eigenvalue weighted by Gasteiger charge is -2.69. The Morgan fingerprint density at radius 2 is 1.50 bits per heavy atom. The van der Waals surface area contributed by atoms with Gasteiger partial charge in [-0.15, -0.1) is 0 Å². The molecule has 2 N–H and O–H groups in total. The summed E-state index contributed by atoms with van der Waals surface area (Å²) in [5, 5.41) is 21.0. The Hall–Kier alpha value is -1.22. The molecule has 3 fully saturated rings. The number of phenolic OH excluding ortho intramolecular Hbond substituents is 1. The zero-order valence-corrected chi connectivity index (χ0v) is 19.7. The van der Waals surface area contributed by atoms with Gasteiger partial charge in [0, 0.05) is 5.92 Å². The van der Waals surface area contributed by atoms with Crippen LogP contribution in [0.1, 0.15) is 84.3 Å². The van der Waals surface area contributed by atoms with Gasteiger partial charge in [0.05, 0.1) is 6.10 Å². The molecular weight excluding hydrogens is 372 g/mol. The molecule has 0 spiro atoms. The monoisotopic (exact) mass is 412 g/mol. The number of ether oxygens (including phenoxy) is 1. The van der Waals surface area contributed by atoms with Gasteiger partial charge in [0.15, 0.2) is 0 Å². The molecule has 4 aliphatic rings. The first-order valence-corrected chi connectivity index (χ1v) is 12.1. The minimum absolute atomic E-state index is 0.00630. The number of aromatic hydroxyl groups is 1. The van der Waals surface area contributed by atoms with Crippen molar-refractivity contribution in [3.8, 4) is 11.5 Å². The van der Waals surface area contributed by atoms with Crippen LogP contribution in [0.5, 0.6) is 11.5 Å². The molecule has 30 heavy (non-hydrogen) atoms. The van der Waals surface area contributed by atoms with Gasteiger partial charge in [-0.3, -0.25) is 0 Å². The number of hydrogen-bond acceptors (Lipinski definition) is 3. The van der Waals surface area contributed by atoms with E-state index in [1.165, 1.54) is 24.8 Å². The third-order valence-electron chi connectivity index (χ3n) is 10.6. The molecule has 3 nitrogen and oxygen atoms in total. The molecule has 1 heterocycles. The molecule has 0 bridgehead atoms. The lowest BCUT2D eigenvalue weighted by molar-refractivity contribution is -0.223. The molecule has 0 saturated heterocycles. The van der Waals surface area contributed by atoms with E-state index < -0.39 is 0 Å². The predicted octanol–water partition coefficient (Wildman–Crippen LogP) is 6.02. The van der Waals surface area contributed by atoms with Crippen LogP contribution in [0.15, 0.2) is 12.1 Å². The summed E-state index contributed by atoms with van der Waals surface area (Å²) in [6.45, 7) is 14.1. The van der Waals surface area contributed by atoms with Gasteiger partial charge < -0.3 is 14.9 Å². The molecule has 0 amide bonds. The largest absolute Gasteiger partial charge is 0.508 e. The second-order valence-corrected chi connectivity index (χ2v) is 12.5. The lowest BCUT2D eigenvalue weighted by Crippen LogP contribution is -2.66. The van der Waals surface area contributed by atoms with Gasteiger partial charge in [-0.2, -0.15) is 0 Å². The third-order valence-corrected chi connectivity index (χ3v) is 10.6. The summed E-state index contributed by atoms with van der Waals surface area (Å²) >= 11 is 0. The molecular formula is C27H40O3. The first kappa shape index (κ1) is 20.7. The minimum atomic E-state index is -0.176. The number of fused-ring (bicyclic) bond motifs is 6. The van der Waals surface area contributed by atoms with E-state index in [2.05, 4.69) is 41.5 Å². The highest BCUT2D eigenvalue weighted by Crippen LogP contribution is 2.70. The second-order valence-electron chi connectivity index (χ2n) is 12.5. The van der Waals surface area contributed by atoms with Crippen molar-refractivity contribution in [1.82, 2.24) is 0 Å². The fourth-order valence-electron chi connectivity index (χ4n) is 9.11. The molecule has 0 radical (unpaired) electrons. The molecule has 0 aromatic heterocycles. The van der Waals surface area contributed by atoms with Crippen LogP contribution in [0.3, 0.4) is 0 Å². The number of benzene rings is 1. The van der Waals surface area contributed by atoms with E-state index in [4.69, 9.17) is 4.74 Å². The number of rotatable bonds is 0. The van der Waals surface area contributed by atoms with Gasteiger partial charge in [0.2, 0.25) is 0 Å². The summed E-state index contributed by atoms with van der Waals surface area (Å²) in [6, 6.07) is 3.76. The van der Waals surface area contributed by atoms with Crippen molar-refractivity contribution < 1.29 is 14.9 Å². The molecule has 3 heteroatoms. The van der Waals surface area contributed by atoms with Crippen LogP contribution in [0.25, 0.3) is 0 Å². The third kappa shape index (κ3) is 2.54. The Morgan fingerprint density at radius 3 is 2.23 bits per heavy atom. The number of aliphatic hydroxyl groups is 1. The molecule has 1 aromatic carbocycles. The van der Waals surface area contributed by atoms with Crippen LogP contribution in [-0.2, 0) is 6.42 Å². The molecule has 1 aromatic rings. The van der Waals surface area contributed by atoms with Gasteiger partial charge >= 0.3 is 0 Å². The summed E-state index contributed by atoms with van der Waals surface area (Å²) in [4.78, 5) is 0. The molecule has 2 unspecified atom stereocenters. The second kappa shape index (κ2) is 6.18. The highest BCUT2D eigenvalue weighted by atomic mass is 16.5. The van der Waals surface area contributed by atoms with Crippen LogP contribution < -0.4 is 4.74 Å². The maximum atomic E-state index is 10.8. The van der Waals surface area contributed by atoms with Crippen LogP contribution in [0.4, 0.5) is 0 Å². The molecule has 3 aliphatic carbocycles. The number of hydrogen-bond donors (Lipinski definition) is 2. The zero-order valence-electron chi connectivity index (χ0n) is 19.7. The van der Waals surface area contributed by atoms with E-state index >= 15 is 0 Å². The van der Waals surface area contributed by atoms with Crippen molar-refractivity contribution >= 4 is 0 Å². The Balaban J connectivity index is 1.56. The van der Waals surface area contributed by atoms with Gasteiger partial charge in [-0.05, 0) is 110 Å².